The summed E-state index contributed by atoms with van der Waals surface area (Å²) in [5.41, 5.74) is 4.43. The van der Waals surface area contributed by atoms with E-state index < -0.39 is 5.97 Å². The highest BCUT2D eigenvalue weighted by Crippen LogP contribution is 2.28. The normalized spacial score (nSPS) is 12.3. The summed E-state index contributed by atoms with van der Waals surface area (Å²) in [6.07, 6.45) is 15.3. The predicted octanol–water partition coefficient (Wildman–Crippen LogP) is 7.61. The van der Waals surface area contributed by atoms with Crippen LogP contribution in [-0.4, -0.2) is 11.1 Å². The molecule has 2 heteroatoms. The monoisotopic (exact) mass is 374 g/mol. The van der Waals surface area contributed by atoms with Gasteiger partial charge in [-0.15, -0.1) is 0 Å². The van der Waals surface area contributed by atoms with Gasteiger partial charge in [0.05, 0.1) is 5.56 Å². The fourth-order valence-electron chi connectivity index (χ4n) is 4.01. The summed E-state index contributed by atoms with van der Waals surface area (Å²) in [5, 5.41) is 9.73. The van der Waals surface area contributed by atoms with Crippen LogP contribution in [0.4, 0.5) is 0 Å². The molecule has 0 bridgehead atoms. The molecule has 1 N–H and O–H groups in total. The first kappa shape index (κ1) is 23.7. The van der Waals surface area contributed by atoms with Crippen LogP contribution in [0.1, 0.15) is 119 Å². The lowest BCUT2D eigenvalue weighted by molar-refractivity contribution is 0.0695. The molecule has 154 valence electrons. The van der Waals surface area contributed by atoms with Gasteiger partial charge in [-0.2, -0.15) is 0 Å². The van der Waals surface area contributed by atoms with Crippen molar-refractivity contribution in [2.75, 3.05) is 0 Å². The molecule has 0 saturated carbocycles. The van der Waals surface area contributed by atoms with Gasteiger partial charge in [-0.3, -0.25) is 0 Å². The van der Waals surface area contributed by atoms with Crippen molar-refractivity contribution in [3.05, 3.63) is 34.4 Å². The van der Waals surface area contributed by atoms with E-state index in [4.69, 9.17) is 0 Å². The van der Waals surface area contributed by atoms with Crippen molar-refractivity contribution < 1.29 is 9.90 Å². The van der Waals surface area contributed by atoms with E-state index in [0.29, 0.717) is 11.5 Å². The molecule has 0 amide bonds. The smallest absolute Gasteiger partial charge is 0.335 e. The van der Waals surface area contributed by atoms with Crippen LogP contribution in [0.25, 0.3) is 0 Å². The zero-order valence-electron chi connectivity index (χ0n) is 18.3. The quantitative estimate of drug-likeness (QED) is 0.321. The van der Waals surface area contributed by atoms with Crippen molar-refractivity contribution in [2.45, 2.75) is 111 Å². The molecule has 1 unspecified atom stereocenters. The Morgan fingerprint density at radius 1 is 0.852 bits per heavy atom. The van der Waals surface area contributed by atoms with Crippen LogP contribution in [-0.2, 0) is 19.3 Å². The first-order valence-electron chi connectivity index (χ1n) is 11.4. The van der Waals surface area contributed by atoms with Gasteiger partial charge >= 0.3 is 5.97 Å². The Bertz CT molecular complexity index is 548. The lowest BCUT2D eigenvalue weighted by Gasteiger charge is -2.21. The second kappa shape index (κ2) is 13.8. The van der Waals surface area contributed by atoms with Crippen LogP contribution in [0.15, 0.2) is 12.1 Å². The molecule has 1 rings (SSSR count). The van der Waals surface area contributed by atoms with E-state index in [-0.39, 0.29) is 0 Å². The Kier molecular flexibility index (Phi) is 12.1. The Morgan fingerprint density at radius 3 is 2.15 bits per heavy atom. The molecule has 0 radical (unpaired) electrons. The molecule has 0 aliphatic carbocycles. The minimum absolute atomic E-state index is 0.538. The molecule has 0 fully saturated rings. The van der Waals surface area contributed by atoms with Gasteiger partial charge in [0, 0.05) is 0 Å². The lowest BCUT2D eigenvalue weighted by Crippen LogP contribution is -2.12. The topological polar surface area (TPSA) is 37.3 Å². The lowest BCUT2D eigenvalue weighted by atomic mass is 9.84. The van der Waals surface area contributed by atoms with Gasteiger partial charge in [-0.05, 0) is 60.8 Å². The highest BCUT2D eigenvalue weighted by Gasteiger charge is 2.19. The van der Waals surface area contributed by atoms with E-state index in [1.54, 1.807) is 0 Å². The molecule has 27 heavy (non-hydrogen) atoms. The summed E-state index contributed by atoms with van der Waals surface area (Å²) in [4.78, 5) is 11.8. The standard InChI is InChI=1S/C25H42O2/c1-5-8-11-13-14-20(4)19-24-21(15-12-9-6-2)17-18-23(25(26)27)22(24)16-10-7-3/h17-18,20H,5-16,19H2,1-4H3,(H,26,27). The SMILES string of the molecule is CCCCCCC(C)Cc1c(CCCCC)ccc(C(=O)O)c1CCCC. The average molecular weight is 375 g/mol. The van der Waals surface area contributed by atoms with Crippen molar-refractivity contribution in [1.29, 1.82) is 0 Å². The summed E-state index contributed by atoms with van der Waals surface area (Å²) in [5.74, 6) is -0.144. The molecule has 1 aromatic rings. The highest BCUT2D eigenvalue weighted by molar-refractivity contribution is 5.90. The van der Waals surface area contributed by atoms with Gasteiger partial charge in [0.2, 0.25) is 0 Å². The zero-order valence-corrected chi connectivity index (χ0v) is 18.3. The third-order valence-corrected chi connectivity index (χ3v) is 5.69. The summed E-state index contributed by atoms with van der Waals surface area (Å²) < 4.78 is 0. The number of carbonyl (C=O) groups is 1. The molecule has 0 aliphatic heterocycles. The number of hydrogen-bond donors (Lipinski definition) is 1. The van der Waals surface area contributed by atoms with Gasteiger partial charge < -0.3 is 5.11 Å². The van der Waals surface area contributed by atoms with E-state index in [1.807, 2.05) is 6.07 Å². The van der Waals surface area contributed by atoms with Crippen molar-refractivity contribution in [3.8, 4) is 0 Å². The van der Waals surface area contributed by atoms with Gasteiger partial charge in [0.15, 0.2) is 0 Å². The van der Waals surface area contributed by atoms with Gasteiger partial charge in [-0.25, -0.2) is 4.79 Å². The first-order chi connectivity index (χ1) is 13.0. The van der Waals surface area contributed by atoms with E-state index in [1.165, 1.54) is 62.5 Å². The summed E-state index contributed by atoms with van der Waals surface area (Å²) in [6, 6.07) is 3.97. The molecule has 2 nitrogen and oxygen atoms in total. The zero-order chi connectivity index (χ0) is 20.1. The minimum Gasteiger partial charge on any atom is -0.478 e. The van der Waals surface area contributed by atoms with Crippen molar-refractivity contribution >= 4 is 5.97 Å². The molecule has 0 heterocycles. The molecule has 1 aromatic carbocycles. The second-order valence-corrected chi connectivity index (χ2v) is 8.25. The molecular formula is C25H42O2. The number of aryl methyl sites for hydroxylation is 1. The van der Waals surface area contributed by atoms with Crippen LogP contribution >= 0.6 is 0 Å². The van der Waals surface area contributed by atoms with Crippen LogP contribution in [0, 0.1) is 5.92 Å². The van der Waals surface area contributed by atoms with Crippen molar-refractivity contribution in [1.82, 2.24) is 0 Å². The van der Waals surface area contributed by atoms with Crippen LogP contribution in [0.5, 0.6) is 0 Å². The highest BCUT2D eigenvalue weighted by atomic mass is 16.4. The number of benzene rings is 1. The Balaban J connectivity index is 3.06. The third-order valence-electron chi connectivity index (χ3n) is 5.69. The number of unbranched alkanes of at least 4 members (excludes halogenated alkanes) is 6. The third kappa shape index (κ3) is 8.49. The molecule has 1 atom stereocenters. The van der Waals surface area contributed by atoms with Crippen LogP contribution in [0.2, 0.25) is 0 Å². The van der Waals surface area contributed by atoms with Gasteiger partial charge in [-0.1, -0.05) is 85.1 Å². The number of rotatable bonds is 15. The summed E-state index contributed by atoms with van der Waals surface area (Å²) in [7, 11) is 0. The fraction of sp³-hybridized carbons (Fsp3) is 0.720. The van der Waals surface area contributed by atoms with Gasteiger partial charge in [0.25, 0.3) is 0 Å². The maximum absolute atomic E-state index is 11.8. The first-order valence-corrected chi connectivity index (χ1v) is 11.4. The predicted molar refractivity (Wildman–Crippen MR) is 117 cm³/mol. The number of aromatic carboxylic acids is 1. The van der Waals surface area contributed by atoms with Crippen LogP contribution < -0.4 is 0 Å². The molecule has 0 spiro atoms. The molecule has 0 saturated heterocycles. The minimum atomic E-state index is -0.766. The van der Waals surface area contributed by atoms with E-state index in [9.17, 15) is 9.90 Å². The summed E-state index contributed by atoms with van der Waals surface area (Å²) >= 11 is 0. The number of carboxylic acids is 1. The molecule has 0 aromatic heterocycles. The van der Waals surface area contributed by atoms with E-state index >= 15 is 0 Å². The Morgan fingerprint density at radius 2 is 1.52 bits per heavy atom. The molecule has 0 aliphatic rings. The fourth-order valence-corrected chi connectivity index (χ4v) is 4.01. The number of hydrogen-bond acceptors (Lipinski definition) is 1. The summed E-state index contributed by atoms with van der Waals surface area (Å²) in [6.45, 7) is 9.02. The van der Waals surface area contributed by atoms with Crippen molar-refractivity contribution in [3.63, 3.8) is 0 Å². The number of carboxylic acid groups (broad SMARTS) is 1. The second-order valence-electron chi connectivity index (χ2n) is 8.25. The van der Waals surface area contributed by atoms with E-state index in [0.717, 1.165) is 37.7 Å². The van der Waals surface area contributed by atoms with Crippen molar-refractivity contribution in [2.24, 2.45) is 5.92 Å². The van der Waals surface area contributed by atoms with Crippen LogP contribution in [0.3, 0.4) is 0 Å². The maximum Gasteiger partial charge on any atom is 0.335 e. The maximum atomic E-state index is 11.8. The molecular weight excluding hydrogens is 332 g/mol. The van der Waals surface area contributed by atoms with Gasteiger partial charge in [0.1, 0.15) is 0 Å². The average Bonchev–Trinajstić information content (AvgIpc) is 2.65. The Hall–Kier alpha value is -1.31. The van der Waals surface area contributed by atoms with E-state index in [2.05, 4.69) is 33.8 Å². The largest absolute Gasteiger partial charge is 0.478 e. The Labute approximate surface area is 167 Å².